The number of hydrogen-bond acceptors (Lipinski definition) is 2. The van der Waals surface area contributed by atoms with E-state index >= 15 is 0 Å². The fraction of sp³-hybridized carbons (Fsp3) is 0. The van der Waals surface area contributed by atoms with E-state index in [9.17, 15) is 5.26 Å². The van der Waals surface area contributed by atoms with Crippen molar-refractivity contribution in [3.05, 3.63) is 139 Å². The third kappa shape index (κ3) is 3.34. The second-order valence-corrected chi connectivity index (χ2v) is 11.1. The highest BCUT2D eigenvalue weighted by atomic mass is 32.1. The predicted molar refractivity (Wildman–Crippen MR) is 169 cm³/mol. The van der Waals surface area contributed by atoms with Crippen LogP contribution in [0.3, 0.4) is 0 Å². The molecule has 0 saturated heterocycles. The van der Waals surface area contributed by atoms with Gasteiger partial charge in [-0.15, -0.1) is 11.3 Å². The van der Waals surface area contributed by atoms with E-state index < -0.39 is 0 Å². The highest BCUT2D eigenvalue weighted by Crippen LogP contribution is 2.43. The number of aromatic nitrogens is 1. The molecule has 8 aromatic rings. The Labute approximate surface area is 235 Å². The van der Waals surface area contributed by atoms with E-state index in [1.54, 1.807) is 0 Å². The van der Waals surface area contributed by atoms with E-state index in [0.29, 0.717) is 5.56 Å². The van der Waals surface area contributed by atoms with E-state index in [2.05, 4.69) is 132 Å². The first-order chi connectivity index (χ1) is 19.8. The number of para-hydroxylation sites is 3. The lowest BCUT2D eigenvalue weighted by molar-refractivity contribution is 1.18. The summed E-state index contributed by atoms with van der Waals surface area (Å²) < 4.78 is 4.89. The van der Waals surface area contributed by atoms with E-state index in [-0.39, 0.29) is 0 Å². The number of benzene rings is 6. The van der Waals surface area contributed by atoms with Crippen molar-refractivity contribution >= 4 is 53.3 Å². The van der Waals surface area contributed by atoms with Crippen LogP contribution >= 0.6 is 11.3 Å². The molecule has 0 spiro atoms. The van der Waals surface area contributed by atoms with Gasteiger partial charge in [-0.1, -0.05) is 91.0 Å². The minimum absolute atomic E-state index is 0.674. The Morgan fingerprint density at radius 2 is 1.15 bits per heavy atom. The largest absolute Gasteiger partial charge is 0.309 e. The normalized spacial score (nSPS) is 11.5. The summed E-state index contributed by atoms with van der Waals surface area (Å²) >= 11 is 1.81. The zero-order chi connectivity index (χ0) is 26.6. The maximum atomic E-state index is 10.3. The molecule has 3 heteroatoms. The summed E-state index contributed by atoms with van der Waals surface area (Å²) in [6.07, 6.45) is 0. The monoisotopic (exact) mass is 526 g/mol. The minimum atomic E-state index is 0.674. The first-order valence-corrected chi connectivity index (χ1v) is 14.2. The highest BCUT2D eigenvalue weighted by molar-refractivity contribution is 7.25. The molecule has 0 bridgehead atoms. The third-order valence-electron chi connectivity index (χ3n) is 7.87. The van der Waals surface area contributed by atoms with Crippen LogP contribution in [-0.4, -0.2) is 4.57 Å². The summed E-state index contributed by atoms with van der Waals surface area (Å²) in [7, 11) is 0. The van der Waals surface area contributed by atoms with Crippen molar-refractivity contribution in [2.45, 2.75) is 0 Å². The van der Waals surface area contributed by atoms with Crippen LogP contribution in [0.1, 0.15) is 5.56 Å². The highest BCUT2D eigenvalue weighted by Gasteiger charge is 2.19. The Hall–Kier alpha value is -5.17. The van der Waals surface area contributed by atoms with E-state index in [4.69, 9.17) is 0 Å². The molecule has 0 radical (unpaired) electrons. The van der Waals surface area contributed by atoms with E-state index in [1.807, 2.05) is 23.5 Å². The number of nitrogens with zero attached hydrogens (tertiary/aromatic N) is 2. The summed E-state index contributed by atoms with van der Waals surface area (Å²) in [6, 6.07) is 49.5. The molecule has 0 saturated carbocycles. The van der Waals surface area contributed by atoms with Gasteiger partial charge in [-0.2, -0.15) is 5.26 Å². The van der Waals surface area contributed by atoms with Gasteiger partial charge >= 0.3 is 0 Å². The lowest BCUT2D eigenvalue weighted by atomic mass is 9.89. The summed E-state index contributed by atoms with van der Waals surface area (Å²) in [5.41, 5.74) is 8.27. The molecule has 2 nitrogen and oxygen atoms in total. The molecule has 0 amide bonds. The van der Waals surface area contributed by atoms with Crippen LogP contribution in [0.5, 0.6) is 0 Å². The molecule has 0 aliphatic rings. The maximum Gasteiger partial charge on any atom is 0.0998 e. The SMILES string of the molecule is N#Cc1cccc(-c2ccccc2-n2c3ccccc3c3ccccc32)c1-c1ccc2sc3ccccc3c2c1. The average molecular weight is 527 g/mol. The van der Waals surface area contributed by atoms with Gasteiger partial charge < -0.3 is 4.57 Å². The zero-order valence-corrected chi connectivity index (χ0v) is 22.3. The van der Waals surface area contributed by atoms with Gasteiger partial charge in [0.1, 0.15) is 0 Å². The lowest BCUT2D eigenvalue weighted by Crippen LogP contribution is -1.99. The molecule has 8 rings (SSSR count). The zero-order valence-electron chi connectivity index (χ0n) is 21.5. The predicted octanol–water partition coefficient (Wildman–Crippen LogP) is 10.4. The summed E-state index contributed by atoms with van der Waals surface area (Å²) in [4.78, 5) is 0. The molecule has 186 valence electrons. The summed E-state index contributed by atoms with van der Waals surface area (Å²) in [5, 5.41) is 15.2. The number of rotatable bonds is 3. The van der Waals surface area contributed by atoms with Gasteiger partial charge in [0, 0.05) is 42.1 Å². The van der Waals surface area contributed by atoms with Gasteiger partial charge in [-0.05, 0) is 53.6 Å². The van der Waals surface area contributed by atoms with Crippen LogP contribution in [0.2, 0.25) is 0 Å². The maximum absolute atomic E-state index is 10.3. The molecule has 0 aliphatic heterocycles. The number of fused-ring (bicyclic) bond motifs is 6. The molecule has 2 aromatic heterocycles. The van der Waals surface area contributed by atoms with Crippen LogP contribution < -0.4 is 0 Å². The second-order valence-electron chi connectivity index (χ2n) is 10.0. The molecule has 2 heterocycles. The van der Waals surface area contributed by atoms with Crippen LogP contribution in [0, 0.1) is 11.3 Å². The van der Waals surface area contributed by atoms with Crippen molar-refractivity contribution in [2.24, 2.45) is 0 Å². The van der Waals surface area contributed by atoms with Crippen LogP contribution in [-0.2, 0) is 0 Å². The summed E-state index contributed by atoms with van der Waals surface area (Å²) in [6.45, 7) is 0. The Balaban J connectivity index is 1.43. The number of hydrogen-bond donors (Lipinski definition) is 0. The van der Waals surface area contributed by atoms with E-state index in [1.165, 1.54) is 42.0 Å². The molecular formula is C37H22N2S. The first kappa shape index (κ1) is 22.8. The molecule has 0 atom stereocenters. The average Bonchev–Trinajstić information content (AvgIpc) is 3.56. The minimum Gasteiger partial charge on any atom is -0.309 e. The first-order valence-electron chi connectivity index (χ1n) is 13.3. The van der Waals surface area contributed by atoms with Gasteiger partial charge in [0.25, 0.3) is 0 Å². The van der Waals surface area contributed by atoms with Crippen molar-refractivity contribution in [1.82, 2.24) is 4.57 Å². The van der Waals surface area contributed by atoms with Gasteiger partial charge in [0.2, 0.25) is 0 Å². The van der Waals surface area contributed by atoms with E-state index in [0.717, 1.165) is 27.9 Å². The number of nitriles is 1. The van der Waals surface area contributed by atoms with Crippen LogP contribution in [0.25, 0.3) is 69.9 Å². The molecule has 0 N–H and O–H groups in total. The molecule has 40 heavy (non-hydrogen) atoms. The number of thiophene rings is 1. The molecule has 6 aromatic carbocycles. The fourth-order valence-electron chi connectivity index (χ4n) is 6.14. The fourth-order valence-corrected chi connectivity index (χ4v) is 7.23. The molecule has 0 unspecified atom stereocenters. The Morgan fingerprint density at radius 1 is 0.525 bits per heavy atom. The van der Waals surface area contributed by atoms with Gasteiger partial charge in [0.05, 0.1) is 28.4 Å². The van der Waals surface area contributed by atoms with Gasteiger partial charge in [-0.3, -0.25) is 0 Å². The standard InChI is InChI=1S/C37H22N2S/c38-23-25-10-9-15-30(37(25)24-20-21-36-31(22-24)29-14-4-8-19-35(29)40-36)28-13-3-7-18-34(28)39-32-16-5-1-11-26(32)27-12-2-6-17-33(27)39/h1-22H. The van der Waals surface area contributed by atoms with Crippen LogP contribution in [0.4, 0.5) is 0 Å². The Kier molecular flexibility index (Phi) is 5.10. The van der Waals surface area contributed by atoms with Gasteiger partial charge in [0.15, 0.2) is 0 Å². The summed E-state index contributed by atoms with van der Waals surface area (Å²) in [5.74, 6) is 0. The van der Waals surface area contributed by atoms with Gasteiger partial charge in [-0.25, -0.2) is 0 Å². The van der Waals surface area contributed by atoms with Crippen molar-refractivity contribution in [1.29, 1.82) is 5.26 Å². The van der Waals surface area contributed by atoms with Crippen molar-refractivity contribution < 1.29 is 0 Å². The quantitative estimate of drug-likeness (QED) is 0.225. The van der Waals surface area contributed by atoms with Crippen molar-refractivity contribution in [3.8, 4) is 34.0 Å². The smallest absolute Gasteiger partial charge is 0.0998 e. The van der Waals surface area contributed by atoms with Crippen molar-refractivity contribution in [3.63, 3.8) is 0 Å². The Bertz CT molecular complexity index is 2240. The second kappa shape index (κ2) is 8.95. The molecular weight excluding hydrogens is 504 g/mol. The Morgan fingerprint density at radius 3 is 1.93 bits per heavy atom. The third-order valence-corrected chi connectivity index (χ3v) is 9.02. The van der Waals surface area contributed by atoms with Crippen LogP contribution in [0.15, 0.2) is 133 Å². The molecule has 0 fully saturated rings. The van der Waals surface area contributed by atoms with Crippen molar-refractivity contribution in [2.75, 3.05) is 0 Å². The lowest BCUT2D eigenvalue weighted by Gasteiger charge is -2.18. The topological polar surface area (TPSA) is 28.7 Å². The molecule has 0 aliphatic carbocycles.